The fourth-order valence-corrected chi connectivity index (χ4v) is 1.26. The van der Waals surface area contributed by atoms with Crippen LogP contribution in [0.4, 0.5) is 0 Å². The zero-order valence-corrected chi connectivity index (χ0v) is 13.6. The number of halogens is 1. The molecular weight excluding hydrogens is 284 g/mol. The Bertz CT molecular complexity index is 259. The van der Waals surface area contributed by atoms with E-state index >= 15 is 0 Å². The van der Waals surface area contributed by atoms with Gasteiger partial charge in [-0.1, -0.05) is 15.9 Å². The van der Waals surface area contributed by atoms with Crippen LogP contribution in [-0.2, 0) is 14.3 Å². The molecule has 0 spiro atoms. The van der Waals surface area contributed by atoms with Gasteiger partial charge in [0.05, 0.1) is 18.6 Å². The Balaban J connectivity index is 4.21. The molecule has 3 nitrogen and oxygen atoms in total. The van der Waals surface area contributed by atoms with Crippen molar-refractivity contribution in [3.63, 3.8) is 0 Å². The van der Waals surface area contributed by atoms with Crippen molar-refractivity contribution in [2.45, 2.75) is 70.4 Å². The SMILES string of the molecule is CC(C)(Br)COC(C)(C)CC(=O)OC(C)(C)C. The van der Waals surface area contributed by atoms with E-state index in [0.717, 1.165) is 0 Å². The van der Waals surface area contributed by atoms with Crippen LogP contribution in [-0.4, -0.2) is 28.1 Å². The standard InChI is InChI=1S/C13H25BrO3/c1-11(2,3)17-10(15)8-13(6,7)16-9-12(4,5)14/h8-9H2,1-7H3. The molecule has 0 N–H and O–H groups in total. The van der Waals surface area contributed by atoms with Gasteiger partial charge in [-0.25, -0.2) is 0 Å². The zero-order chi connectivity index (χ0) is 13.9. The lowest BCUT2D eigenvalue weighted by atomic mass is 10.0. The molecule has 0 aliphatic carbocycles. The largest absolute Gasteiger partial charge is 0.460 e. The van der Waals surface area contributed by atoms with E-state index in [2.05, 4.69) is 15.9 Å². The van der Waals surface area contributed by atoms with Gasteiger partial charge in [0.2, 0.25) is 0 Å². The number of alkyl halides is 1. The molecule has 0 aromatic carbocycles. The molecule has 0 heterocycles. The molecule has 0 fully saturated rings. The maximum atomic E-state index is 11.7. The van der Waals surface area contributed by atoms with Gasteiger partial charge in [0.15, 0.2) is 0 Å². The molecule has 0 radical (unpaired) electrons. The van der Waals surface area contributed by atoms with Crippen molar-refractivity contribution in [2.24, 2.45) is 0 Å². The number of hydrogen-bond acceptors (Lipinski definition) is 3. The van der Waals surface area contributed by atoms with Crippen molar-refractivity contribution in [3.05, 3.63) is 0 Å². The van der Waals surface area contributed by atoms with E-state index in [1.807, 2.05) is 48.5 Å². The molecule has 0 aromatic heterocycles. The molecule has 17 heavy (non-hydrogen) atoms. The molecule has 102 valence electrons. The Kier molecular flexibility index (Phi) is 5.67. The highest BCUT2D eigenvalue weighted by molar-refractivity contribution is 9.10. The first-order chi connectivity index (χ1) is 7.31. The van der Waals surface area contributed by atoms with Gasteiger partial charge in [-0.2, -0.15) is 0 Å². The van der Waals surface area contributed by atoms with E-state index in [9.17, 15) is 4.79 Å². The van der Waals surface area contributed by atoms with Crippen molar-refractivity contribution < 1.29 is 14.3 Å². The molecule has 0 unspecified atom stereocenters. The van der Waals surface area contributed by atoms with E-state index < -0.39 is 11.2 Å². The number of ether oxygens (including phenoxy) is 2. The van der Waals surface area contributed by atoms with E-state index in [4.69, 9.17) is 9.47 Å². The summed E-state index contributed by atoms with van der Waals surface area (Å²) >= 11 is 3.51. The lowest BCUT2D eigenvalue weighted by Crippen LogP contribution is -2.35. The second-order valence-corrected chi connectivity index (χ2v) is 8.68. The van der Waals surface area contributed by atoms with Gasteiger partial charge >= 0.3 is 5.97 Å². The summed E-state index contributed by atoms with van der Waals surface area (Å²) < 4.78 is 10.9. The van der Waals surface area contributed by atoms with Gasteiger partial charge in [0.25, 0.3) is 0 Å². The molecule has 0 saturated heterocycles. The van der Waals surface area contributed by atoms with Gasteiger partial charge in [-0.3, -0.25) is 4.79 Å². The summed E-state index contributed by atoms with van der Waals surface area (Å²) in [6.07, 6.45) is 0.257. The number of hydrogen-bond donors (Lipinski definition) is 0. The number of carbonyl (C=O) groups excluding carboxylic acids is 1. The second-order valence-electron chi connectivity index (χ2n) is 6.53. The Hall–Kier alpha value is -0.0900. The van der Waals surface area contributed by atoms with Crippen LogP contribution < -0.4 is 0 Å². The van der Waals surface area contributed by atoms with Crippen LogP contribution in [0.25, 0.3) is 0 Å². The van der Waals surface area contributed by atoms with Crippen molar-refractivity contribution in [3.8, 4) is 0 Å². The Morgan fingerprint density at radius 3 is 1.88 bits per heavy atom. The summed E-state index contributed by atoms with van der Waals surface area (Å²) in [5, 5.41) is 0. The van der Waals surface area contributed by atoms with Crippen molar-refractivity contribution >= 4 is 21.9 Å². The smallest absolute Gasteiger partial charge is 0.309 e. The highest BCUT2D eigenvalue weighted by Crippen LogP contribution is 2.23. The third kappa shape index (κ3) is 10.8. The monoisotopic (exact) mass is 308 g/mol. The first-order valence-corrected chi connectivity index (χ1v) is 6.65. The highest BCUT2D eigenvalue weighted by Gasteiger charge is 2.28. The van der Waals surface area contributed by atoms with Crippen LogP contribution in [0.2, 0.25) is 0 Å². The predicted octanol–water partition coefficient (Wildman–Crippen LogP) is 3.69. The molecule has 0 rings (SSSR count). The fraction of sp³-hybridized carbons (Fsp3) is 0.923. The van der Waals surface area contributed by atoms with Gasteiger partial charge in [0.1, 0.15) is 5.60 Å². The number of rotatable bonds is 5. The number of carbonyl (C=O) groups is 1. The summed E-state index contributed by atoms with van der Waals surface area (Å²) in [5.74, 6) is -0.227. The lowest BCUT2D eigenvalue weighted by molar-refractivity contribution is -0.161. The molecule has 0 aliphatic rings. The van der Waals surface area contributed by atoms with Crippen LogP contribution in [0.1, 0.15) is 54.9 Å². The van der Waals surface area contributed by atoms with Crippen molar-refractivity contribution in [2.75, 3.05) is 6.61 Å². The zero-order valence-electron chi connectivity index (χ0n) is 12.0. The van der Waals surface area contributed by atoms with Gasteiger partial charge in [-0.05, 0) is 48.5 Å². The van der Waals surface area contributed by atoms with E-state index in [1.165, 1.54) is 0 Å². The molecule has 0 bridgehead atoms. The third-order valence-corrected chi connectivity index (χ3v) is 2.03. The molecule has 4 heteroatoms. The first-order valence-electron chi connectivity index (χ1n) is 5.85. The lowest BCUT2D eigenvalue weighted by Gasteiger charge is -2.29. The quantitative estimate of drug-likeness (QED) is 0.574. The summed E-state index contributed by atoms with van der Waals surface area (Å²) in [4.78, 5) is 11.7. The highest BCUT2D eigenvalue weighted by atomic mass is 79.9. The van der Waals surface area contributed by atoms with Crippen LogP contribution in [0.3, 0.4) is 0 Å². The van der Waals surface area contributed by atoms with Crippen LogP contribution >= 0.6 is 15.9 Å². The van der Waals surface area contributed by atoms with Crippen molar-refractivity contribution in [1.29, 1.82) is 0 Å². The molecule has 0 amide bonds. The first kappa shape index (κ1) is 16.9. The fourth-order valence-electron chi connectivity index (χ4n) is 1.14. The Morgan fingerprint density at radius 2 is 1.53 bits per heavy atom. The minimum Gasteiger partial charge on any atom is -0.460 e. The van der Waals surface area contributed by atoms with E-state index in [1.54, 1.807) is 0 Å². The third-order valence-electron chi connectivity index (χ3n) is 1.80. The Labute approximate surface area is 113 Å². The van der Waals surface area contributed by atoms with Gasteiger partial charge in [0, 0.05) is 4.32 Å². The molecule has 0 aromatic rings. The van der Waals surface area contributed by atoms with Crippen LogP contribution in [0, 0.1) is 0 Å². The molecule has 0 atom stereocenters. The van der Waals surface area contributed by atoms with Crippen LogP contribution in [0.15, 0.2) is 0 Å². The Morgan fingerprint density at radius 1 is 1.06 bits per heavy atom. The van der Waals surface area contributed by atoms with Gasteiger partial charge < -0.3 is 9.47 Å². The summed E-state index contributed by atoms with van der Waals surface area (Å²) in [5.41, 5.74) is -0.949. The molecule has 0 aliphatic heterocycles. The van der Waals surface area contributed by atoms with E-state index in [-0.39, 0.29) is 16.7 Å². The average molecular weight is 309 g/mol. The topological polar surface area (TPSA) is 35.5 Å². The predicted molar refractivity (Wildman–Crippen MR) is 73.5 cm³/mol. The van der Waals surface area contributed by atoms with Gasteiger partial charge in [-0.15, -0.1) is 0 Å². The normalized spacial score (nSPS) is 13.6. The van der Waals surface area contributed by atoms with E-state index in [0.29, 0.717) is 6.61 Å². The average Bonchev–Trinajstić information content (AvgIpc) is 1.94. The molecular formula is C13H25BrO3. The minimum absolute atomic E-state index is 0.0851. The second kappa shape index (κ2) is 5.70. The maximum Gasteiger partial charge on any atom is 0.309 e. The maximum absolute atomic E-state index is 11.7. The summed E-state index contributed by atoms with van der Waals surface area (Å²) in [6, 6.07) is 0. The van der Waals surface area contributed by atoms with Crippen LogP contribution in [0.5, 0.6) is 0 Å². The molecule has 0 saturated carbocycles. The summed E-state index contributed by atoms with van der Waals surface area (Å²) in [6.45, 7) is 14.0. The van der Waals surface area contributed by atoms with Crippen molar-refractivity contribution in [1.82, 2.24) is 0 Å². The number of esters is 1. The minimum atomic E-state index is -0.507. The summed E-state index contributed by atoms with van der Waals surface area (Å²) in [7, 11) is 0.